The van der Waals surface area contributed by atoms with Crippen molar-refractivity contribution in [3.8, 4) is 0 Å². The highest BCUT2D eigenvalue weighted by Crippen LogP contribution is 2.32. The molecule has 0 aliphatic heterocycles. The number of hydrogen-bond donors (Lipinski definition) is 1. The van der Waals surface area contributed by atoms with Crippen LogP contribution in [0.5, 0.6) is 0 Å². The van der Waals surface area contributed by atoms with Crippen molar-refractivity contribution in [3.63, 3.8) is 0 Å². The first-order valence-electron chi connectivity index (χ1n) is 7.83. The molecule has 0 radical (unpaired) electrons. The summed E-state index contributed by atoms with van der Waals surface area (Å²) in [5.41, 5.74) is 7.78. The Morgan fingerprint density at radius 2 is 1.41 bits per heavy atom. The summed E-state index contributed by atoms with van der Waals surface area (Å²) in [5, 5.41) is 5.21. The predicted octanol–water partition coefficient (Wildman–Crippen LogP) is 5.85. The minimum atomic E-state index is 0. The summed E-state index contributed by atoms with van der Waals surface area (Å²) in [7, 11) is 0. The van der Waals surface area contributed by atoms with E-state index in [1.807, 2.05) is 0 Å². The van der Waals surface area contributed by atoms with Crippen molar-refractivity contribution in [2.75, 3.05) is 0 Å². The quantitative estimate of drug-likeness (QED) is 0.601. The highest BCUT2D eigenvalue weighted by Gasteiger charge is 2.13. The van der Waals surface area contributed by atoms with Gasteiger partial charge in [0.1, 0.15) is 0 Å². The van der Waals surface area contributed by atoms with E-state index in [1.165, 1.54) is 33.5 Å². The summed E-state index contributed by atoms with van der Waals surface area (Å²) >= 11 is 0. The molecule has 1 nitrogen and oxygen atoms in total. The van der Waals surface area contributed by atoms with Gasteiger partial charge in [0.05, 0.1) is 0 Å². The van der Waals surface area contributed by atoms with Crippen LogP contribution in [0.2, 0.25) is 0 Å². The molecular formula is C20H24ClN. The summed E-state index contributed by atoms with van der Waals surface area (Å²) < 4.78 is 0. The lowest BCUT2D eigenvalue weighted by Crippen LogP contribution is -2.11. The Morgan fingerprint density at radius 3 is 2.09 bits per heavy atom. The van der Waals surface area contributed by atoms with Crippen LogP contribution >= 0.6 is 12.4 Å². The summed E-state index contributed by atoms with van der Waals surface area (Å²) in [6.45, 7) is 4.51. The zero-order valence-electron chi connectivity index (χ0n) is 13.3. The van der Waals surface area contributed by atoms with Gasteiger partial charge in [-0.05, 0) is 51.9 Å². The highest BCUT2D eigenvalue weighted by atomic mass is 35.5. The molecular weight excluding hydrogens is 290 g/mol. The molecule has 0 amide bonds. The van der Waals surface area contributed by atoms with Crippen molar-refractivity contribution in [2.24, 2.45) is 11.7 Å². The Bertz CT molecular complexity index is 764. The van der Waals surface area contributed by atoms with Gasteiger partial charge in [0.2, 0.25) is 0 Å². The molecule has 22 heavy (non-hydrogen) atoms. The molecule has 0 aromatic heterocycles. The van der Waals surface area contributed by atoms with E-state index in [-0.39, 0.29) is 18.4 Å². The minimum absolute atomic E-state index is 0. The highest BCUT2D eigenvalue weighted by molar-refractivity contribution is 6.09. The first kappa shape index (κ1) is 16.8. The minimum Gasteiger partial charge on any atom is -0.324 e. The van der Waals surface area contributed by atoms with Gasteiger partial charge in [0, 0.05) is 6.04 Å². The van der Waals surface area contributed by atoms with E-state index >= 15 is 0 Å². The largest absolute Gasteiger partial charge is 0.324 e. The van der Waals surface area contributed by atoms with E-state index in [9.17, 15) is 0 Å². The molecule has 2 N–H and O–H groups in total. The van der Waals surface area contributed by atoms with Crippen LogP contribution in [-0.2, 0) is 0 Å². The maximum Gasteiger partial charge on any atom is 0.0301 e. The number of benzene rings is 3. The monoisotopic (exact) mass is 313 g/mol. The van der Waals surface area contributed by atoms with Crippen molar-refractivity contribution in [1.82, 2.24) is 0 Å². The molecule has 1 atom stereocenters. The van der Waals surface area contributed by atoms with E-state index < -0.39 is 0 Å². The summed E-state index contributed by atoms with van der Waals surface area (Å²) in [6, 6.07) is 19.6. The van der Waals surface area contributed by atoms with Crippen molar-refractivity contribution >= 4 is 34.0 Å². The Hall–Kier alpha value is -1.57. The van der Waals surface area contributed by atoms with Gasteiger partial charge in [-0.15, -0.1) is 12.4 Å². The van der Waals surface area contributed by atoms with Crippen LogP contribution in [0.3, 0.4) is 0 Å². The zero-order chi connectivity index (χ0) is 14.8. The molecule has 0 saturated carbocycles. The van der Waals surface area contributed by atoms with Gasteiger partial charge in [0.15, 0.2) is 0 Å². The molecule has 116 valence electrons. The van der Waals surface area contributed by atoms with E-state index in [1.54, 1.807) is 0 Å². The summed E-state index contributed by atoms with van der Waals surface area (Å²) in [5.74, 6) is 0.697. The van der Waals surface area contributed by atoms with E-state index in [2.05, 4.69) is 68.4 Å². The molecule has 0 fully saturated rings. The lowest BCUT2D eigenvalue weighted by Gasteiger charge is -2.17. The molecule has 3 aromatic carbocycles. The molecule has 0 aliphatic carbocycles. The molecule has 0 spiro atoms. The summed E-state index contributed by atoms with van der Waals surface area (Å²) in [6.07, 6.45) is 2.21. The Labute approximate surface area is 138 Å². The fourth-order valence-electron chi connectivity index (χ4n) is 3.06. The molecule has 3 rings (SSSR count). The van der Waals surface area contributed by atoms with Crippen molar-refractivity contribution in [2.45, 2.75) is 32.7 Å². The van der Waals surface area contributed by atoms with Crippen LogP contribution in [0.1, 0.15) is 38.3 Å². The van der Waals surface area contributed by atoms with Gasteiger partial charge in [0.25, 0.3) is 0 Å². The van der Waals surface area contributed by atoms with Crippen molar-refractivity contribution < 1.29 is 0 Å². The number of nitrogens with two attached hydrogens (primary N) is 1. The molecule has 0 unspecified atom stereocenters. The molecule has 2 heteroatoms. The lowest BCUT2D eigenvalue weighted by atomic mass is 9.91. The van der Waals surface area contributed by atoms with Gasteiger partial charge in [-0.3, -0.25) is 0 Å². The van der Waals surface area contributed by atoms with Crippen LogP contribution in [0.25, 0.3) is 21.5 Å². The number of halogens is 1. The van der Waals surface area contributed by atoms with Crippen LogP contribution in [-0.4, -0.2) is 0 Å². The van der Waals surface area contributed by atoms with Crippen molar-refractivity contribution in [1.29, 1.82) is 0 Å². The van der Waals surface area contributed by atoms with Crippen LogP contribution in [0.15, 0.2) is 54.6 Å². The Balaban J connectivity index is 0.00000176. The zero-order valence-corrected chi connectivity index (χ0v) is 14.1. The molecule has 0 bridgehead atoms. The SMILES string of the molecule is CC(C)CC[C@H](N)c1cc2ccccc2c2ccccc12.Cl. The normalized spacial score (nSPS) is 12.5. The fraction of sp³-hybridized carbons (Fsp3) is 0.300. The molecule has 3 aromatic rings. The lowest BCUT2D eigenvalue weighted by molar-refractivity contribution is 0.509. The second kappa shape index (κ2) is 7.13. The first-order chi connectivity index (χ1) is 10.2. The van der Waals surface area contributed by atoms with Crippen molar-refractivity contribution in [3.05, 3.63) is 60.2 Å². The van der Waals surface area contributed by atoms with Gasteiger partial charge in [-0.1, -0.05) is 62.4 Å². The summed E-state index contributed by atoms with van der Waals surface area (Å²) in [4.78, 5) is 0. The van der Waals surface area contributed by atoms with Crippen LogP contribution < -0.4 is 5.73 Å². The Morgan fingerprint density at radius 1 is 0.818 bits per heavy atom. The fourth-order valence-corrected chi connectivity index (χ4v) is 3.06. The average molecular weight is 314 g/mol. The van der Waals surface area contributed by atoms with Crippen LogP contribution in [0.4, 0.5) is 0 Å². The van der Waals surface area contributed by atoms with E-state index in [0.29, 0.717) is 5.92 Å². The molecule has 0 saturated heterocycles. The van der Waals surface area contributed by atoms with Gasteiger partial charge >= 0.3 is 0 Å². The number of hydrogen-bond acceptors (Lipinski definition) is 1. The second-order valence-electron chi connectivity index (χ2n) is 6.31. The first-order valence-corrected chi connectivity index (χ1v) is 7.83. The average Bonchev–Trinajstić information content (AvgIpc) is 2.51. The van der Waals surface area contributed by atoms with Gasteiger partial charge in [-0.25, -0.2) is 0 Å². The topological polar surface area (TPSA) is 26.0 Å². The maximum atomic E-state index is 6.50. The van der Waals surface area contributed by atoms with Crippen LogP contribution in [0, 0.1) is 5.92 Å². The standard InChI is InChI=1S/C20H23N.ClH/c1-14(2)11-12-20(21)19-13-15-7-3-4-8-16(15)17-9-5-6-10-18(17)19;/h3-10,13-14,20H,11-12,21H2,1-2H3;1H/t20-;/m0./s1. The number of rotatable bonds is 4. The van der Waals surface area contributed by atoms with E-state index in [0.717, 1.165) is 6.42 Å². The maximum absolute atomic E-state index is 6.50. The predicted molar refractivity (Wildman–Crippen MR) is 99.7 cm³/mol. The molecule has 0 aliphatic rings. The second-order valence-corrected chi connectivity index (χ2v) is 6.31. The van der Waals surface area contributed by atoms with E-state index in [4.69, 9.17) is 5.73 Å². The third-order valence-corrected chi connectivity index (χ3v) is 4.25. The smallest absolute Gasteiger partial charge is 0.0301 e. The Kier molecular flexibility index (Phi) is 5.44. The third kappa shape index (κ3) is 3.26. The van der Waals surface area contributed by atoms with Gasteiger partial charge in [-0.2, -0.15) is 0 Å². The third-order valence-electron chi connectivity index (χ3n) is 4.25. The molecule has 0 heterocycles. The number of fused-ring (bicyclic) bond motifs is 3. The van der Waals surface area contributed by atoms with Gasteiger partial charge < -0.3 is 5.73 Å².